The van der Waals surface area contributed by atoms with Crippen LogP contribution in [-0.2, 0) is 0 Å². The number of carboxylic acid groups (broad SMARTS) is 1. The largest absolute Gasteiger partial charge is 0.478 e. The van der Waals surface area contributed by atoms with Crippen LogP contribution in [0.2, 0.25) is 0 Å². The zero-order valence-corrected chi connectivity index (χ0v) is 6.45. The van der Waals surface area contributed by atoms with Crippen molar-refractivity contribution in [3.63, 3.8) is 0 Å². The second kappa shape index (κ2) is 3.56. The number of carbonyl (C=O) groups is 1. The number of aromatic carboxylic acids is 1. The van der Waals surface area contributed by atoms with E-state index in [0.717, 1.165) is 5.56 Å². The van der Waals surface area contributed by atoms with E-state index in [-0.39, 0.29) is 5.56 Å². The lowest BCUT2D eigenvalue weighted by Gasteiger charge is -1.93. The number of carboxylic acids is 1. The van der Waals surface area contributed by atoms with Gasteiger partial charge in [-0.3, -0.25) is 0 Å². The van der Waals surface area contributed by atoms with Crippen LogP contribution in [0.3, 0.4) is 0 Å². The van der Waals surface area contributed by atoms with E-state index in [2.05, 4.69) is 12.3 Å². The highest BCUT2D eigenvalue weighted by atomic mass is 16.4. The zero-order chi connectivity index (χ0) is 8.97. The molecule has 0 saturated heterocycles. The average Bonchev–Trinajstić information content (AvgIpc) is 2.06. The summed E-state index contributed by atoms with van der Waals surface area (Å²) < 4.78 is 0. The summed E-state index contributed by atoms with van der Waals surface area (Å²) in [5, 5.41) is 8.57. The molecule has 0 radical (unpaired) electrons. The molecule has 2 nitrogen and oxygen atoms in total. The summed E-state index contributed by atoms with van der Waals surface area (Å²) in [5.41, 5.74) is 3.80. The van der Waals surface area contributed by atoms with Crippen molar-refractivity contribution in [1.82, 2.24) is 0 Å². The minimum atomic E-state index is -0.913. The van der Waals surface area contributed by atoms with Gasteiger partial charge < -0.3 is 5.11 Å². The predicted molar refractivity (Wildman–Crippen MR) is 47.0 cm³/mol. The van der Waals surface area contributed by atoms with Gasteiger partial charge in [-0.05, 0) is 23.8 Å². The lowest BCUT2D eigenvalue weighted by molar-refractivity contribution is 0.0697. The topological polar surface area (TPSA) is 37.3 Å². The molecular weight excluding hydrogens is 152 g/mol. The van der Waals surface area contributed by atoms with E-state index in [1.165, 1.54) is 0 Å². The van der Waals surface area contributed by atoms with Crippen molar-refractivity contribution in [3.8, 4) is 0 Å². The zero-order valence-electron chi connectivity index (χ0n) is 6.45. The summed E-state index contributed by atoms with van der Waals surface area (Å²) in [6.07, 6.45) is 1.69. The van der Waals surface area contributed by atoms with Crippen molar-refractivity contribution >= 4 is 12.0 Å². The molecule has 0 heterocycles. The molecule has 0 aliphatic rings. The first-order chi connectivity index (χ1) is 5.74. The third-order valence-corrected chi connectivity index (χ3v) is 1.43. The molecule has 0 unspecified atom stereocenters. The molecule has 2 heteroatoms. The summed E-state index contributed by atoms with van der Waals surface area (Å²) >= 11 is 0. The van der Waals surface area contributed by atoms with E-state index in [1.54, 1.807) is 30.3 Å². The maximum Gasteiger partial charge on any atom is 0.335 e. The van der Waals surface area contributed by atoms with E-state index in [9.17, 15) is 4.79 Å². The maximum atomic E-state index is 10.4. The summed E-state index contributed by atoms with van der Waals surface area (Å²) in [7, 11) is 0. The Bertz CT molecular complexity index is 308. The third-order valence-electron chi connectivity index (χ3n) is 1.43. The summed E-state index contributed by atoms with van der Waals surface area (Å²) in [4.78, 5) is 10.4. The first kappa shape index (κ1) is 8.31. The van der Waals surface area contributed by atoms with Gasteiger partial charge in [0.1, 0.15) is 0 Å². The molecule has 1 aromatic rings. The Morgan fingerprint density at radius 1 is 1.42 bits per heavy atom. The van der Waals surface area contributed by atoms with E-state index in [1.807, 2.05) is 0 Å². The highest BCUT2D eigenvalue weighted by Gasteiger charge is 1.99. The molecule has 60 valence electrons. The lowest BCUT2D eigenvalue weighted by atomic mass is 10.1. The second-order valence-corrected chi connectivity index (χ2v) is 2.28. The molecule has 1 N–H and O–H groups in total. The fourth-order valence-electron chi connectivity index (χ4n) is 0.840. The number of hydrogen-bond acceptors (Lipinski definition) is 1. The SMILES string of the molecule is C=C=Cc1ccc(C(=O)O)cc1. The summed E-state index contributed by atoms with van der Waals surface area (Å²) in [5.74, 6) is -0.913. The molecule has 0 aliphatic carbocycles. The van der Waals surface area contributed by atoms with Crippen LogP contribution in [0.25, 0.3) is 6.08 Å². The van der Waals surface area contributed by atoms with Crippen LogP contribution < -0.4 is 0 Å². The van der Waals surface area contributed by atoms with E-state index in [0.29, 0.717) is 0 Å². The molecule has 0 bridgehead atoms. The van der Waals surface area contributed by atoms with Gasteiger partial charge in [0, 0.05) is 0 Å². The van der Waals surface area contributed by atoms with Crippen molar-refractivity contribution in [3.05, 3.63) is 47.7 Å². The standard InChI is InChI=1S/C10H8O2/c1-2-3-8-4-6-9(7-5-8)10(11)12/h3-7H,1H2,(H,11,12). The van der Waals surface area contributed by atoms with Gasteiger partial charge in [-0.15, -0.1) is 5.73 Å². The van der Waals surface area contributed by atoms with E-state index < -0.39 is 5.97 Å². The number of rotatable bonds is 2. The average molecular weight is 160 g/mol. The van der Waals surface area contributed by atoms with Crippen LogP contribution in [0.1, 0.15) is 15.9 Å². The van der Waals surface area contributed by atoms with Gasteiger partial charge >= 0.3 is 5.97 Å². The van der Waals surface area contributed by atoms with Gasteiger partial charge in [-0.1, -0.05) is 18.7 Å². The normalized spacial score (nSPS) is 8.67. The molecule has 1 rings (SSSR count). The summed E-state index contributed by atoms with van der Waals surface area (Å²) in [6.45, 7) is 3.42. The van der Waals surface area contributed by atoms with Crippen LogP contribution >= 0.6 is 0 Å². The van der Waals surface area contributed by atoms with Crippen LogP contribution in [0, 0.1) is 0 Å². The predicted octanol–water partition coefficient (Wildman–Crippen LogP) is 2.18. The monoisotopic (exact) mass is 160 g/mol. The molecule has 12 heavy (non-hydrogen) atoms. The quantitative estimate of drug-likeness (QED) is 0.673. The number of benzene rings is 1. The van der Waals surface area contributed by atoms with Crippen molar-refractivity contribution in [2.45, 2.75) is 0 Å². The molecule has 0 aromatic heterocycles. The molecule has 0 saturated carbocycles. The highest BCUT2D eigenvalue weighted by Crippen LogP contribution is 2.05. The number of hydrogen-bond donors (Lipinski definition) is 1. The lowest BCUT2D eigenvalue weighted by Crippen LogP contribution is -1.94. The van der Waals surface area contributed by atoms with Crippen molar-refractivity contribution in [1.29, 1.82) is 0 Å². The van der Waals surface area contributed by atoms with E-state index >= 15 is 0 Å². The van der Waals surface area contributed by atoms with Crippen molar-refractivity contribution in [2.24, 2.45) is 0 Å². The van der Waals surface area contributed by atoms with Crippen LogP contribution in [0.5, 0.6) is 0 Å². The molecule has 0 spiro atoms. The Labute approximate surface area is 70.5 Å². The Morgan fingerprint density at radius 3 is 2.42 bits per heavy atom. The molecule has 0 amide bonds. The molecule has 0 aliphatic heterocycles. The Balaban J connectivity index is 3.00. The molecule has 0 atom stereocenters. The van der Waals surface area contributed by atoms with Gasteiger partial charge in [-0.2, -0.15) is 0 Å². The van der Waals surface area contributed by atoms with Crippen LogP contribution in [0.15, 0.2) is 36.6 Å². The van der Waals surface area contributed by atoms with Crippen LogP contribution in [0.4, 0.5) is 0 Å². The molecular formula is C10H8O2. The van der Waals surface area contributed by atoms with Gasteiger partial charge in [-0.25, -0.2) is 4.79 Å². The smallest absolute Gasteiger partial charge is 0.335 e. The van der Waals surface area contributed by atoms with Gasteiger partial charge in [0.2, 0.25) is 0 Å². The molecule has 1 aromatic carbocycles. The Hall–Kier alpha value is -1.79. The highest BCUT2D eigenvalue weighted by molar-refractivity contribution is 5.87. The van der Waals surface area contributed by atoms with Gasteiger partial charge in [0.05, 0.1) is 5.56 Å². The van der Waals surface area contributed by atoms with Crippen molar-refractivity contribution < 1.29 is 9.90 Å². The second-order valence-electron chi connectivity index (χ2n) is 2.28. The molecule has 0 fully saturated rings. The Morgan fingerprint density at radius 2 is 2.00 bits per heavy atom. The maximum absolute atomic E-state index is 10.4. The first-order valence-corrected chi connectivity index (χ1v) is 3.43. The minimum Gasteiger partial charge on any atom is -0.478 e. The van der Waals surface area contributed by atoms with Gasteiger partial charge in [0.15, 0.2) is 0 Å². The summed E-state index contributed by atoms with van der Waals surface area (Å²) in [6, 6.07) is 6.51. The third kappa shape index (κ3) is 1.84. The Kier molecular flexibility index (Phi) is 2.46. The fraction of sp³-hybridized carbons (Fsp3) is 0. The first-order valence-electron chi connectivity index (χ1n) is 3.43. The minimum absolute atomic E-state index is 0.288. The van der Waals surface area contributed by atoms with Crippen molar-refractivity contribution in [2.75, 3.05) is 0 Å². The fourth-order valence-corrected chi connectivity index (χ4v) is 0.840. The van der Waals surface area contributed by atoms with E-state index in [4.69, 9.17) is 5.11 Å². The van der Waals surface area contributed by atoms with Crippen LogP contribution in [-0.4, -0.2) is 11.1 Å². The van der Waals surface area contributed by atoms with Gasteiger partial charge in [0.25, 0.3) is 0 Å².